The lowest BCUT2D eigenvalue weighted by Gasteiger charge is -2.14. The van der Waals surface area contributed by atoms with Crippen LogP contribution in [0.25, 0.3) is 0 Å². The Morgan fingerprint density at radius 3 is 2.77 bits per heavy atom. The Balaban J connectivity index is 1.83. The monoisotopic (exact) mass is 366 g/mol. The first-order valence-electron chi connectivity index (χ1n) is 8.34. The third-order valence-electron chi connectivity index (χ3n) is 4.38. The lowest BCUT2D eigenvalue weighted by atomic mass is 10.1. The minimum absolute atomic E-state index is 0.0830. The van der Waals surface area contributed by atoms with E-state index in [0.717, 1.165) is 16.8 Å². The number of amides is 1. The molecule has 0 unspecified atom stereocenters. The van der Waals surface area contributed by atoms with E-state index in [-0.39, 0.29) is 16.7 Å². The van der Waals surface area contributed by atoms with Gasteiger partial charge in [-0.3, -0.25) is 9.59 Å². The summed E-state index contributed by atoms with van der Waals surface area (Å²) < 4.78 is 1.81. The first-order chi connectivity index (χ1) is 12.6. The van der Waals surface area contributed by atoms with E-state index in [2.05, 4.69) is 15.4 Å². The molecule has 3 aromatic rings. The van der Waals surface area contributed by atoms with Gasteiger partial charge in [-0.05, 0) is 18.6 Å². The molecule has 1 aliphatic heterocycles. The second kappa shape index (κ2) is 6.84. The van der Waals surface area contributed by atoms with Gasteiger partial charge < -0.3 is 10.3 Å². The number of carbonyl (C=O) groups is 1. The van der Waals surface area contributed by atoms with Crippen LogP contribution in [0.2, 0.25) is 0 Å². The molecular weight excluding hydrogens is 348 g/mol. The van der Waals surface area contributed by atoms with Crippen molar-refractivity contribution < 1.29 is 4.79 Å². The maximum Gasteiger partial charge on any atom is 0.252 e. The molecular formula is C19H18N4O2S. The van der Waals surface area contributed by atoms with E-state index in [1.54, 1.807) is 12.3 Å². The van der Waals surface area contributed by atoms with E-state index in [9.17, 15) is 9.59 Å². The lowest BCUT2D eigenvalue weighted by Crippen LogP contribution is -2.16. The Bertz CT molecular complexity index is 1010. The van der Waals surface area contributed by atoms with E-state index < -0.39 is 0 Å². The number of hydrogen-bond donors (Lipinski definition) is 2. The second-order valence-electron chi connectivity index (χ2n) is 6.18. The van der Waals surface area contributed by atoms with Gasteiger partial charge in [-0.25, -0.2) is 4.68 Å². The minimum Gasteiger partial charge on any atom is -0.329 e. The summed E-state index contributed by atoms with van der Waals surface area (Å²) in [6.07, 6.45) is 1.61. The minimum atomic E-state index is -0.238. The van der Waals surface area contributed by atoms with E-state index >= 15 is 0 Å². The van der Waals surface area contributed by atoms with Gasteiger partial charge in [-0.1, -0.05) is 36.4 Å². The molecule has 0 saturated carbocycles. The summed E-state index contributed by atoms with van der Waals surface area (Å²) in [5, 5.41) is 7.39. The van der Waals surface area contributed by atoms with Gasteiger partial charge in [0.15, 0.2) is 0 Å². The zero-order valence-electron chi connectivity index (χ0n) is 14.2. The van der Waals surface area contributed by atoms with Gasteiger partial charge in [0.25, 0.3) is 5.56 Å². The van der Waals surface area contributed by atoms with Crippen LogP contribution in [0.1, 0.15) is 27.6 Å². The molecule has 0 spiro atoms. The molecule has 1 aromatic carbocycles. The smallest absolute Gasteiger partial charge is 0.252 e. The van der Waals surface area contributed by atoms with E-state index in [1.807, 2.05) is 48.0 Å². The predicted octanol–water partition coefficient (Wildman–Crippen LogP) is 2.70. The molecule has 0 fully saturated rings. The highest BCUT2D eigenvalue weighted by molar-refractivity contribution is 8.00. The van der Waals surface area contributed by atoms with Crippen LogP contribution in [0.4, 0.5) is 5.82 Å². The molecule has 26 heavy (non-hydrogen) atoms. The first kappa shape index (κ1) is 16.7. The molecule has 2 aromatic heterocycles. The molecule has 6 nitrogen and oxygen atoms in total. The van der Waals surface area contributed by atoms with Gasteiger partial charge in [0.2, 0.25) is 5.91 Å². The highest BCUT2D eigenvalue weighted by atomic mass is 32.2. The van der Waals surface area contributed by atoms with Crippen LogP contribution < -0.4 is 10.9 Å². The number of nitrogens with one attached hydrogen (secondary N) is 2. The zero-order chi connectivity index (χ0) is 18.1. The quantitative estimate of drug-likeness (QED) is 0.747. The number of aromatic nitrogens is 3. The molecule has 1 atom stereocenters. The van der Waals surface area contributed by atoms with Crippen LogP contribution in [0.5, 0.6) is 0 Å². The van der Waals surface area contributed by atoms with Crippen molar-refractivity contribution in [3.63, 3.8) is 0 Å². The van der Waals surface area contributed by atoms with Crippen molar-refractivity contribution in [1.82, 2.24) is 14.8 Å². The number of fused-ring (bicyclic) bond motifs is 1. The largest absolute Gasteiger partial charge is 0.329 e. The molecule has 0 radical (unpaired) electrons. The fourth-order valence-electron chi connectivity index (χ4n) is 3.21. The molecule has 2 N–H and O–H groups in total. The molecule has 7 heteroatoms. The van der Waals surface area contributed by atoms with Gasteiger partial charge in [0.05, 0.1) is 23.2 Å². The van der Waals surface area contributed by atoms with Crippen LogP contribution in [-0.2, 0) is 11.3 Å². The van der Waals surface area contributed by atoms with Gasteiger partial charge in [-0.15, -0.1) is 11.8 Å². The Kier molecular flexibility index (Phi) is 4.38. The number of H-pyrrole nitrogens is 1. The Morgan fingerprint density at radius 2 is 2.00 bits per heavy atom. The summed E-state index contributed by atoms with van der Waals surface area (Å²) in [6, 6.07) is 13.6. The van der Waals surface area contributed by atoms with E-state index in [4.69, 9.17) is 0 Å². The summed E-state index contributed by atoms with van der Waals surface area (Å²) in [4.78, 5) is 27.3. The van der Waals surface area contributed by atoms with E-state index in [0.29, 0.717) is 23.7 Å². The van der Waals surface area contributed by atoms with Gasteiger partial charge in [0.1, 0.15) is 5.82 Å². The summed E-state index contributed by atoms with van der Waals surface area (Å²) >= 11 is 1.45. The fourth-order valence-corrected chi connectivity index (χ4v) is 4.41. The maximum absolute atomic E-state index is 12.3. The number of nitrogens with zero attached hydrogens (tertiary/aromatic N) is 2. The van der Waals surface area contributed by atoms with Crippen molar-refractivity contribution in [3.8, 4) is 0 Å². The summed E-state index contributed by atoms with van der Waals surface area (Å²) in [7, 11) is 0. The van der Waals surface area contributed by atoms with Crippen LogP contribution in [0.15, 0.2) is 53.5 Å². The molecule has 132 valence electrons. The molecule has 0 aliphatic carbocycles. The number of aromatic amines is 1. The van der Waals surface area contributed by atoms with E-state index in [1.165, 1.54) is 11.8 Å². The van der Waals surface area contributed by atoms with Gasteiger partial charge >= 0.3 is 0 Å². The van der Waals surface area contributed by atoms with Gasteiger partial charge in [-0.2, -0.15) is 5.10 Å². The van der Waals surface area contributed by atoms with Crippen molar-refractivity contribution in [2.24, 2.45) is 0 Å². The number of pyridine rings is 1. The maximum atomic E-state index is 12.3. The lowest BCUT2D eigenvalue weighted by molar-refractivity contribution is -0.113. The molecule has 1 aliphatic rings. The summed E-state index contributed by atoms with van der Waals surface area (Å²) in [5.41, 5.74) is 3.31. The zero-order valence-corrected chi connectivity index (χ0v) is 15.0. The van der Waals surface area contributed by atoms with Crippen LogP contribution in [0, 0.1) is 6.92 Å². The molecule has 1 amide bonds. The van der Waals surface area contributed by atoms with Crippen LogP contribution >= 0.6 is 11.8 Å². The number of aryl methyl sites for hydroxylation is 1. The fraction of sp³-hybridized carbons (Fsp3) is 0.211. The van der Waals surface area contributed by atoms with Crippen molar-refractivity contribution >= 4 is 23.5 Å². The third kappa shape index (κ3) is 3.06. The number of rotatable bonds is 3. The second-order valence-corrected chi connectivity index (χ2v) is 7.28. The predicted molar refractivity (Wildman–Crippen MR) is 103 cm³/mol. The average molecular weight is 366 g/mol. The molecule has 0 saturated heterocycles. The summed E-state index contributed by atoms with van der Waals surface area (Å²) in [6.45, 7) is 2.47. The highest BCUT2D eigenvalue weighted by Crippen LogP contribution is 2.42. The van der Waals surface area contributed by atoms with Crippen molar-refractivity contribution in [3.05, 3.63) is 81.4 Å². The number of benzene rings is 1. The van der Waals surface area contributed by atoms with Crippen molar-refractivity contribution in [2.75, 3.05) is 11.1 Å². The molecule has 0 bridgehead atoms. The van der Waals surface area contributed by atoms with Crippen LogP contribution in [-0.4, -0.2) is 26.4 Å². The number of anilines is 1. The van der Waals surface area contributed by atoms with Gasteiger partial charge in [0, 0.05) is 17.3 Å². The topological polar surface area (TPSA) is 79.8 Å². The van der Waals surface area contributed by atoms with Crippen molar-refractivity contribution in [2.45, 2.75) is 18.7 Å². The number of thioether (sulfide) groups is 1. The average Bonchev–Trinajstić information content (AvgIpc) is 2.82. The van der Waals surface area contributed by atoms with Crippen LogP contribution in [0.3, 0.4) is 0 Å². The van der Waals surface area contributed by atoms with Crippen molar-refractivity contribution in [1.29, 1.82) is 0 Å². The standard InChI is InChI=1S/C19H18N4O2S/c1-12-16-17(14-8-5-9-20-19(14)25)26-11-15(24)21-18(16)23(22-12)10-13-6-3-2-4-7-13/h2-9,17H,10-11H2,1H3,(H,20,25)(H,21,24)/t17-/m0/s1. The molecule has 4 rings (SSSR count). The Morgan fingerprint density at radius 1 is 1.19 bits per heavy atom. The highest BCUT2D eigenvalue weighted by Gasteiger charge is 2.31. The number of carbonyl (C=O) groups excluding carboxylic acids is 1. The molecule has 3 heterocycles. The number of hydrogen-bond acceptors (Lipinski definition) is 4. The third-order valence-corrected chi connectivity index (χ3v) is 5.63. The summed E-state index contributed by atoms with van der Waals surface area (Å²) in [5.74, 6) is 0.883. The SMILES string of the molecule is Cc1nn(Cc2ccccc2)c2c1[C@H](c1ccc[nH]c1=O)SCC(=O)N2. The normalized spacial score (nSPS) is 16.7. The Labute approximate surface area is 154 Å². The Hall–Kier alpha value is -2.80. The first-order valence-corrected chi connectivity index (χ1v) is 9.38.